The number of hydrogen-bond donors (Lipinski definition) is 2. The Balaban J connectivity index is 1.44. The fraction of sp³-hybridized carbons (Fsp3) is 0.348. The van der Waals surface area contributed by atoms with E-state index in [1.165, 1.54) is 4.90 Å². The maximum absolute atomic E-state index is 12.2. The van der Waals surface area contributed by atoms with E-state index in [1.54, 1.807) is 42.5 Å². The van der Waals surface area contributed by atoms with Gasteiger partial charge in [-0.3, -0.25) is 25.2 Å². The van der Waals surface area contributed by atoms with Crippen LogP contribution in [0, 0.1) is 5.92 Å². The van der Waals surface area contributed by atoms with Gasteiger partial charge >= 0.3 is 0 Å². The molecule has 3 rings (SSSR count). The predicted molar refractivity (Wildman–Crippen MR) is 116 cm³/mol. The lowest BCUT2D eigenvalue weighted by Crippen LogP contribution is -2.44. The third kappa shape index (κ3) is 6.21. The highest BCUT2D eigenvalue weighted by Crippen LogP contribution is 2.31. The number of nitrogens with zero attached hydrogens (tertiary/aromatic N) is 1. The number of amides is 3. The minimum Gasteiger partial charge on any atom is -0.494 e. The van der Waals surface area contributed by atoms with Crippen LogP contribution in [0.5, 0.6) is 11.5 Å². The van der Waals surface area contributed by atoms with Gasteiger partial charge in [0.15, 0.2) is 6.61 Å². The molecule has 2 aromatic carbocycles. The molecule has 0 radical (unpaired) electrons. The molecule has 0 aromatic heterocycles. The van der Waals surface area contributed by atoms with Gasteiger partial charge in [0.2, 0.25) is 5.91 Å². The number of benzene rings is 2. The SMILES string of the molecule is CC(C)CCOc1ccc(C(=O)NNC(=O)CCN2C(=O)COc3ccccc32)cc1. The topological polar surface area (TPSA) is 97.0 Å². The lowest BCUT2D eigenvalue weighted by atomic mass is 10.1. The average Bonchev–Trinajstić information content (AvgIpc) is 2.77. The minimum atomic E-state index is -0.435. The molecular weight excluding hydrogens is 398 g/mol. The first-order valence-electron chi connectivity index (χ1n) is 10.3. The van der Waals surface area contributed by atoms with Crippen molar-refractivity contribution in [2.75, 3.05) is 24.7 Å². The Hall–Kier alpha value is -3.55. The second-order valence-electron chi connectivity index (χ2n) is 7.61. The van der Waals surface area contributed by atoms with Crippen LogP contribution in [0.2, 0.25) is 0 Å². The Morgan fingerprint density at radius 3 is 2.58 bits per heavy atom. The van der Waals surface area contributed by atoms with Gasteiger partial charge < -0.3 is 14.4 Å². The number of anilines is 1. The van der Waals surface area contributed by atoms with Gasteiger partial charge in [0, 0.05) is 18.5 Å². The van der Waals surface area contributed by atoms with Crippen molar-refractivity contribution in [3.8, 4) is 11.5 Å². The predicted octanol–water partition coefficient (Wildman–Crippen LogP) is 2.69. The lowest BCUT2D eigenvalue weighted by Gasteiger charge is -2.29. The fourth-order valence-electron chi connectivity index (χ4n) is 2.99. The summed E-state index contributed by atoms with van der Waals surface area (Å²) in [4.78, 5) is 38.0. The number of nitrogens with one attached hydrogen (secondary N) is 2. The molecule has 0 unspecified atom stereocenters. The van der Waals surface area contributed by atoms with E-state index in [4.69, 9.17) is 9.47 Å². The molecule has 2 N–H and O–H groups in total. The van der Waals surface area contributed by atoms with Crippen LogP contribution in [0.25, 0.3) is 0 Å². The Kier molecular flexibility index (Phi) is 7.48. The van der Waals surface area contributed by atoms with Crippen molar-refractivity contribution in [1.82, 2.24) is 10.9 Å². The first-order chi connectivity index (χ1) is 14.9. The van der Waals surface area contributed by atoms with E-state index in [1.807, 2.05) is 6.07 Å². The maximum atomic E-state index is 12.2. The maximum Gasteiger partial charge on any atom is 0.269 e. The van der Waals surface area contributed by atoms with E-state index in [9.17, 15) is 14.4 Å². The molecule has 2 aromatic rings. The minimum absolute atomic E-state index is 0.0307. The number of hydrazine groups is 1. The van der Waals surface area contributed by atoms with Gasteiger partial charge in [0.1, 0.15) is 11.5 Å². The van der Waals surface area contributed by atoms with Crippen LogP contribution in [0.4, 0.5) is 5.69 Å². The molecule has 31 heavy (non-hydrogen) atoms. The Labute approximate surface area is 181 Å². The quantitative estimate of drug-likeness (QED) is 0.634. The Morgan fingerprint density at radius 1 is 1.10 bits per heavy atom. The molecule has 0 atom stereocenters. The number of ether oxygens (including phenoxy) is 2. The zero-order valence-corrected chi connectivity index (χ0v) is 17.7. The van der Waals surface area contributed by atoms with Crippen molar-refractivity contribution in [2.45, 2.75) is 26.7 Å². The molecule has 0 spiro atoms. The smallest absolute Gasteiger partial charge is 0.269 e. The standard InChI is InChI=1S/C23H27N3O5/c1-16(2)12-14-30-18-9-7-17(8-10-18)23(29)25-24-21(27)11-13-26-19-5-3-4-6-20(19)31-15-22(26)28/h3-10,16H,11-15H2,1-2H3,(H,24,27)(H,25,29). The zero-order valence-electron chi connectivity index (χ0n) is 17.7. The van der Waals surface area contributed by atoms with Gasteiger partial charge in [-0.25, -0.2) is 0 Å². The van der Waals surface area contributed by atoms with E-state index in [0.29, 0.717) is 35.3 Å². The van der Waals surface area contributed by atoms with E-state index in [2.05, 4.69) is 24.7 Å². The van der Waals surface area contributed by atoms with Crippen molar-refractivity contribution < 1.29 is 23.9 Å². The summed E-state index contributed by atoms with van der Waals surface area (Å²) in [6.45, 7) is 5.00. The molecule has 0 saturated carbocycles. The lowest BCUT2D eigenvalue weighted by molar-refractivity contribution is -0.122. The zero-order chi connectivity index (χ0) is 22.2. The summed E-state index contributed by atoms with van der Waals surface area (Å²) in [5.41, 5.74) is 5.80. The molecule has 8 heteroatoms. The van der Waals surface area contributed by atoms with Crippen molar-refractivity contribution in [1.29, 1.82) is 0 Å². The van der Waals surface area contributed by atoms with Crippen LogP contribution < -0.4 is 25.2 Å². The number of para-hydroxylation sites is 2. The highest BCUT2D eigenvalue weighted by molar-refractivity contribution is 5.98. The highest BCUT2D eigenvalue weighted by atomic mass is 16.5. The largest absolute Gasteiger partial charge is 0.494 e. The molecule has 1 aliphatic rings. The normalized spacial score (nSPS) is 12.7. The van der Waals surface area contributed by atoms with Gasteiger partial charge in [0.05, 0.1) is 12.3 Å². The summed E-state index contributed by atoms with van der Waals surface area (Å²) in [5.74, 6) is 0.800. The van der Waals surface area contributed by atoms with Crippen LogP contribution in [-0.4, -0.2) is 37.5 Å². The van der Waals surface area contributed by atoms with E-state index in [-0.39, 0.29) is 25.5 Å². The van der Waals surface area contributed by atoms with Gasteiger partial charge in [-0.2, -0.15) is 0 Å². The fourth-order valence-corrected chi connectivity index (χ4v) is 2.99. The highest BCUT2D eigenvalue weighted by Gasteiger charge is 2.25. The number of carbonyl (C=O) groups excluding carboxylic acids is 3. The molecule has 1 heterocycles. The van der Waals surface area contributed by atoms with Crippen LogP contribution in [0.3, 0.4) is 0 Å². The molecule has 164 valence electrons. The van der Waals surface area contributed by atoms with Crippen molar-refractivity contribution in [2.24, 2.45) is 5.92 Å². The number of rotatable bonds is 8. The third-order valence-electron chi connectivity index (χ3n) is 4.77. The van der Waals surface area contributed by atoms with Crippen LogP contribution in [0.15, 0.2) is 48.5 Å². The molecule has 0 bridgehead atoms. The number of carbonyl (C=O) groups is 3. The Morgan fingerprint density at radius 2 is 1.84 bits per heavy atom. The molecule has 0 aliphatic carbocycles. The molecule has 0 fully saturated rings. The summed E-state index contributed by atoms with van der Waals surface area (Å²) in [6.07, 6.45) is 0.985. The third-order valence-corrected chi connectivity index (χ3v) is 4.77. The number of fused-ring (bicyclic) bond motifs is 1. The summed E-state index contributed by atoms with van der Waals surface area (Å²) in [5, 5.41) is 0. The van der Waals surface area contributed by atoms with Gasteiger partial charge in [-0.1, -0.05) is 26.0 Å². The molecule has 1 aliphatic heterocycles. The summed E-state index contributed by atoms with van der Waals surface area (Å²) in [7, 11) is 0. The van der Waals surface area contributed by atoms with E-state index >= 15 is 0 Å². The first kappa shape index (κ1) is 22.1. The van der Waals surface area contributed by atoms with E-state index < -0.39 is 11.8 Å². The summed E-state index contributed by atoms with van der Waals surface area (Å²) >= 11 is 0. The van der Waals surface area contributed by atoms with Crippen molar-refractivity contribution >= 4 is 23.4 Å². The summed E-state index contributed by atoms with van der Waals surface area (Å²) in [6, 6.07) is 13.9. The van der Waals surface area contributed by atoms with E-state index in [0.717, 1.165) is 6.42 Å². The second kappa shape index (κ2) is 10.5. The van der Waals surface area contributed by atoms with Crippen LogP contribution in [0.1, 0.15) is 37.0 Å². The average molecular weight is 425 g/mol. The van der Waals surface area contributed by atoms with Crippen molar-refractivity contribution in [3.05, 3.63) is 54.1 Å². The molecule has 0 saturated heterocycles. The molecule has 3 amide bonds. The van der Waals surface area contributed by atoms with Gasteiger partial charge in [-0.15, -0.1) is 0 Å². The monoisotopic (exact) mass is 425 g/mol. The van der Waals surface area contributed by atoms with Crippen LogP contribution >= 0.6 is 0 Å². The number of hydrogen-bond acceptors (Lipinski definition) is 5. The molecular formula is C23H27N3O5. The second-order valence-corrected chi connectivity index (χ2v) is 7.61. The van der Waals surface area contributed by atoms with Crippen LogP contribution in [-0.2, 0) is 9.59 Å². The molecule has 8 nitrogen and oxygen atoms in total. The van der Waals surface area contributed by atoms with Gasteiger partial charge in [0.25, 0.3) is 11.8 Å². The van der Waals surface area contributed by atoms with Gasteiger partial charge in [-0.05, 0) is 48.7 Å². The Bertz CT molecular complexity index is 927. The first-order valence-corrected chi connectivity index (χ1v) is 10.3. The van der Waals surface area contributed by atoms with Crippen molar-refractivity contribution in [3.63, 3.8) is 0 Å². The summed E-state index contributed by atoms with van der Waals surface area (Å²) < 4.78 is 11.0.